The van der Waals surface area contributed by atoms with Gasteiger partial charge in [0.15, 0.2) is 0 Å². The van der Waals surface area contributed by atoms with Crippen molar-refractivity contribution in [3.8, 4) is 5.75 Å². The van der Waals surface area contributed by atoms with Crippen molar-refractivity contribution in [3.05, 3.63) is 52.4 Å². The molecule has 1 aliphatic heterocycles. The molecule has 1 aliphatic rings. The third kappa shape index (κ3) is 2.59. The first-order valence-corrected chi connectivity index (χ1v) is 7.32. The Balaban J connectivity index is 1.95. The van der Waals surface area contributed by atoms with E-state index in [2.05, 4.69) is 5.10 Å². The molecule has 2 heterocycles. The number of anilines is 1. The van der Waals surface area contributed by atoms with Crippen molar-refractivity contribution in [1.29, 1.82) is 0 Å². The van der Waals surface area contributed by atoms with Gasteiger partial charge in [-0.2, -0.15) is 5.10 Å². The fourth-order valence-electron chi connectivity index (χ4n) is 2.45. The van der Waals surface area contributed by atoms with Crippen LogP contribution in [0.3, 0.4) is 0 Å². The smallest absolute Gasteiger partial charge is 0.278 e. The van der Waals surface area contributed by atoms with Crippen LogP contribution in [-0.2, 0) is 6.54 Å². The summed E-state index contributed by atoms with van der Waals surface area (Å²) in [5.74, 6) is 0.463. The lowest BCUT2D eigenvalue weighted by Crippen LogP contribution is -2.39. The predicted molar refractivity (Wildman–Crippen MR) is 82.4 cm³/mol. The topological polar surface area (TPSA) is 64.4 Å². The van der Waals surface area contributed by atoms with Gasteiger partial charge in [0.1, 0.15) is 18.1 Å². The molecule has 0 unspecified atom stereocenters. The van der Waals surface area contributed by atoms with Crippen LogP contribution in [0, 0.1) is 0 Å². The summed E-state index contributed by atoms with van der Waals surface area (Å²) in [5, 5.41) is 4.18. The molecule has 1 amide bonds. The summed E-state index contributed by atoms with van der Waals surface area (Å²) in [4.78, 5) is 26.1. The zero-order valence-corrected chi connectivity index (χ0v) is 12.4. The molecule has 6 heteroatoms. The van der Waals surface area contributed by atoms with E-state index in [1.807, 2.05) is 31.2 Å². The summed E-state index contributed by atoms with van der Waals surface area (Å²) in [5.41, 5.74) is 0.805. The standard InChI is InChI=1S/C16H17N3O3/c1-2-9-19-15(20)8-7-12(17-19)16(21)18-10-11-22-14-6-4-3-5-13(14)18/h3-8H,2,9-11H2,1H3. The van der Waals surface area contributed by atoms with E-state index in [9.17, 15) is 9.59 Å². The number of amides is 1. The Hall–Kier alpha value is -2.63. The van der Waals surface area contributed by atoms with Crippen LogP contribution in [0.5, 0.6) is 5.75 Å². The lowest BCUT2D eigenvalue weighted by molar-refractivity contribution is 0.0969. The average Bonchev–Trinajstić information content (AvgIpc) is 2.56. The van der Waals surface area contributed by atoms with Crippen molar-refractivity contribution < 1.29 is 9.53 Å². The number of rotatable bonds is 3. The van der Waals surface area contributed by atoms with Gasteiger partial charge in [-0.3, -0.25) is 9.59 Å². The highest BCUT2D eigenvalue weighted by molar-refractivity contribution is 6.05. The second-order valence-corrected chi connectivity index (χ2v) is 5.05. The average molecular weight is 299 g/mol. The Morgan fingerprint density at radius 1 is 1.27 bits per heavy atom. The van der Waals surface area contributed by atoms with Crippen LogP contribution < -0.4 is 15.2 Å². The monoisotopic (exact) mass is 299 g/mol. The minimum absolute atomic E-state index is 0.194. The zero-order valence-electron chi connectivity index (χ0n) is 12.4. The van der Waals surface area contributed by atoms with Crippen molar-refractivity contribution in [2.45, 2.75) is 19.9 Å². The molecule has 0 spiro atoms. The van der Waals surface area contributed by atoms with Crippen molar-refractivity contribution in [2.75, 3.05) is 18.1 Å². The Morgan fingerprint density at radius 3 is 2.91 bits per heavy atom. The van der Waals surface area contributed by atoms with Crippen LogP contribution >= 0.6 is 0 Å². The van der Waals surface area contributed by atoms with E-state index in [1.54, 1.807) is 4.90 Å². The summed E-state index contributed by atoms with van der Waals surface area (Å²) in [6.07, 6.45) is 0.783. The van der Waals surface area contributed by atoms with E-state index in [-0.39, 0.29) is 17.2 Å². The van der Waals surface area contributed by atoms with E-state index in [0.717, 1.165) is 12.1 Å². The van der Waals surface area contributed by atoms with E-state index in [0.29, 0.717) is 25.4 Å². The van der Waals surface area contributed by atoms with Gasteiger partial charge in [0.05, 0.1) is 12.2 Å². The van der Waals surface area contributed by atoms with Crippen molar-refractivity contribution in [1.82, 2.24) is 9.78 Å². The summed E-state index contributed by atoms with van der Waals surface area (Å²) >= 11 is 0. The maximum atomic E-state index is 12.7. The highest BCUT2D eigenvalue weighted by Gasteiger charge is 2.25. The van der Waals surface area contributed by atoms with Crippen LogP contribution in [0.1, 0.15) is 23.8 Å². The number of carbonyl (C=O) groups excluding carboxylic acids is 1. The molecule has 0 N–H and O–H groups in total. The van der Waals surface area contributed by atoms with Crippen LogP contribution in [-0.4, -0.2) is 28.8 Å². The molecule has 3 rings (SSSR count). The van der Waals surface area contributed by atoms with Gasteiger partial charge in [0.25, 0.3) is 11.5 Å². The number of fused-ring (bicyclic) bond motifs is 1. The third-order valence-corrected chi connectivity index (χ3v) is 3.49. The highest BCUT2D eigenvalue weighted by atomic mass is 16.5. The lowest BCUT2D eigenvalue weighted by atomic mass is 10.2. The largest absolute Gasteiger partial charge is 0.490 e. The van der Waals surface area contributed by atoms with Crippen molar-refractivity contribution in [3.63, 3.8) is 0 Å². The Morgan fingerprint density at radius 2 is 2.09 bits per heavy atom. The van der Waals surface area contributed by atoms with Gasteiger partial charge in [0.2, 0.25) is 0 Å². The van der Waals surface area contributed by atoms with Crippen LogP contribution in [0.15, 0.2) is 41.2 Å². The fourth-order valence-corrected chi connectivity index (χ4v) is 2.45. The van der Waals surface area contributed by atoms with E-state index >= 15 is 0 Å². The number of aryl methyl sites for hydroxylation is 1. The Kier molecular flexibility index (Phi) is 3.91. The van der Waals surface area contributed by atoms with Crippen LogP contribution in [0.4, 0.5) is 5.69 Å². The summed E-state index contributed by atoms with van der Waals surface area (Å²) in [7, 11) is 0. The Bertz CT molecular complexity index is 754. The second kappa shape index (κ2) is 6.01. The number of para-hydroxylation sites is 2. The number of hydrogen-bond acceptors (Lipinski definition) is 4. The van der Waals surface area contributed by atoms with Gasteiger partial charge in [-0.25, -0.2) is 4.68 Å². The van der Waals surface area contributed by atoms with Crippen molar-refractivity contribution >= 4 is 11.6 Å². The third-order valence-electron chi connectivity index (χ3n) is 3.49. The molecule has 0 fully saturated rings. The van der Waals surface area contributed by atoms with Gasteiger partial charge in [-0.15, -0.1) is 0 Å². The molecule has 0 saturated heterocycles. The van der Waals surface area contributed by atoms with Crippen LogP contribution in [0.25, 0.3) is 0 Å². The highest BCUT2D eigenvalue weighted by Crippen LogP contribution is 2.31. The second-order valence-electron chi connectivity index (χ2n) is 5.05. The van der Waals surface area contributed by atoms with E-state index in [4.69, 9.17) is 4.74 Å². The normalized spacial score (nSPS) is 13.4. The van der Waals surface area contributed by atoms with Gasteiger partial charge in [0, 0.05) is 12.6 Å². The van der Waals surface area contributed by atoms with E-state index in [1.165, 1.54) is 16.8 Å². The maximum Gasteiger partial charge on any atom is 0.278 e. The predicted octanol–water partition coefficient (Wildman–Crippen LogP) is 1.69. The minimum Gasteiger partial charge on any atom is -0.490 e. The maximum absolute atomic E-state index is 12.7. The molecule has 0 radical (unpaired) electrons. The molecule has 0 atom stereocenters. The first-order chi connectivity index (χ1) is 10.7. The number of nitrogens with zero attached hydrogens (tertiary/aromatic N) is 3. The number of aromatic nitrogens is 2. The molecule has 6 nitrogen and oxygen atoms in total. The zero-order chi connectivity index (χ0) is 15.5. The lowest BCUT2D eigenvalue weighted by Gasteiger charge is -2.29. The molecule has 1 aromatic heterocycles. The summed E-state index contributed by atoms with van der Waals surface area (Å²) in [6.45, 7) is 3.36. The first-order valence-electron chi connectivity index (χ1n) is 7.32. The summed E-state index contributed by atoms with van der Waals surface area (Å²) < 4.78 is 6.88. The minimum atomic E-state index is -0.222. The number of carbonyl (C=O) groups is 1. The van der Waals surface area contributed by atoms with E-state index < -0.39 is 0 Å². The molecule has 0 aliphatic carbocycles. The van der Waals surface area contributed by atoms with Gasteiger partial charge in [-0.1, -0.05) is 19.1 Å². The summed E-state index contributed by atoms with van der Waals surface area (Å²) in [6, 6.07) is 10.3. The molecular formula is C16H17N3O3. The molecule has 1 aromatic carbocycles. The number of benzene rings is 1. The Labute approximate surface area is 127 Å². The first kappa shape index (κ1) is 14.3. The molecule has 22 heavy (non-hydrogen) atoms. The van der Waals surface area contributed by atoms with Gasteiger partial charge >= 0.3 is 0 Å². The molecule has 0 bridgehead atoms. The SMILES string of the molecule is CCCn1nc(C(=O)N2CCOc3ccccc32)ccc1=O. The van der Waals surface area contributed by atoms with Gasteiger partial charge in [-0.05, 0) is 24.6 Å². The van der Waals surface area contributed by atoms with Crippen LogP contribution in [0.2, 0.25) is 0 Å². The fraction of sp³-hybridized carbons (Fsp3) is 0.312. The molecule has 2 aromatic rings. The number of hydrogen-bond donors (Lipinski definition) is 0. The molecular weight excluding hydrogens is 282 g/mol. The van der Waals surface area contributed by atoms with Gasteiger partial charge < -0.3 is 9.64 Å². The van der Waals surface area contributed by atoms with Crippen molar-refractivity contribution in [2.24, 2.45) is 0 Å². The molecule has 114 valence electrons. The quantitative estimate of drug-likeness (QED) is 0.865. The number of ether oxygens (including phenoxy) is 1. The molecule has 0 saturated carbocycles.